The van der Waals surface area contributed by atoms with Crippen LogP contribution in [0.4, 0.5) is 0 Å². The first-order chi connectivity index (χ1) is 23.0. The largest absolute Gasteiger partial charge is 0.512 e. The molecule has 6 rings (SSSR count). The maximum Gasteiger partial charge on any atom is 0.223 e. The fourth-order valence-corrected chi connectivity index (χ4v) is 6.22. The van der Waals surface area contributed by atoms with Gasteiger partial charge in [0, 0.05) is 53.5 Å². The fourth-order valence-electron chi connectivity index (χ4n) is 6.22. The average molecular weight is 834 g/mol. The van der Waals surface area contributed by atoms with Crippen LogP contribution in [-0.4, -0.2) is 20.9 Å². The molecule has 0 fully saturated rings. The number of carbonyl (C=O) groups excluding carboxylic acids is 1. The zero-order valence-corrected chi connectivity index (χ0v) is 32.5. The van der Waals surface area contributed by atoms with Gasteiger partial charge in [-0.1, -0.05) is 109 Å². The van der Waals surface area contributed by atoms with Crippen LogP contribution in [-0.2, 0) is 31.3 Å². The number of benzene rings is 4. The summed E-state index contributed by atoms with van der Waals surface area (Å²) in [4.78, 5) is 21.3. The predicted molar refractivity (Wildman–Crippen MR) is 200 cm³/mol. The van der Waals surface area contributed by atoms with E-state index in [-0.39, 0.29) is 42.5 Å². The minimum atomic E-state index is -0.337. The number of aromatic nitrogens is 2. The summed E-state index contributed by atoms with van der Waals surface area (Å²) in [6.07, 6.45) is 7.35. The number of hydrogen-bond acceptors (Lipinski definition) is 5. The average Bonchev–Trinajstić information content (AvgIpc) is 3.47. The van der Waals surface area contributed by atoms with Gasteiger partial charge in [-0.15, -0.1) is 29.1 Å². The maximum absolute atomic E-state index is 12.2. The Labute approximate surface area is 304 Å². The molecule has 0 amide bonds. The van der Waals surface area contributed by atoms with Gasteiger partial charge in [0.25, 0.3) is 0 Å². The summed E-state index contributed by atoms with van der Waals surface area (Å²) in [7, 11) is 0. The zero-order valence-electron chi connectivity index (χ0n) is 30.1. The van der Waals surface area contributed by atoms with Gasteiger partial charge in [0.2, 0.25) is 5.71 Å². The first-order valence-corrected chi connectivity index (χ1v) is 17.4. The molecule has 1 radical (unpaired) electrons. The smallest absolute Gasteiger partial charge is 0.223 e. The van der Waals surface area contributed by atoms with E-state index in [2.05, 4.69) is 85.6 Å². The normalized spacial score (nSPS) is 12.4. The number of furan rings is 1. The van der Waals surface area contributed by atoms with E-state index in [9.17, 15) is 9.90 Å². The molecule has 0 saturated heterocycles. The number of allylic oxidation sites excluding steroid dienone is 2. The van der Waals surface area contributed by atoms with Crippen LogP contribution in [0.2, 0.25) is 0 Å². The van der Waals surface area contributed by atoms with Crippen LogP contribution < -0.4 is 0 Å². The molecule has 259 valence electrons. The van der Waals surface area contributed by atoms with E-state index in [4.69, 9.17) is 9.40 Å². The molecular weight excluding hydrogens is 785 g/mol. The Bertz CT molecular complexity index is 2100. The van der Waals surface area contributed by atoms with Crippen molar-refractivity contribution in [3.8, 4) is 11.3 Å². The molecule has 0 saturated carbocycles. The number of hydrogen-bond donors (Lipinski definition) is 1. The summed E-state index contributed by atoms with van der Waals surface area (Å²) in [5.74, 6) is 0.846. The van der Waals surface area contributed by atoms with Crippen LogP contribution >= 0.6 is 0 Å². The Balaban J connectivity index is 0.000000260. The number of fused-ring (bicyclic) bond motifs is 5. The minimum absolute atomic E-state index is 0. The quantitative estimate of drug-likeness (QED) is 0.0845. The predicted octanol–water partition coefficient (Wildman–Crippen LogP) is 12.0. The van der Waals surface area contributed by atoms with Crippen molar-refractivity contribution in [2.45, 2.75) is 87.5 Å². The number of nitrogens with zero attached hydrogens (tertiary/aromatic N) is 2. The van der Waals surface area contributed by atoms with E-state index in [1.807, 2.05) is 47.6 Å². The van der Waals surface area contributed by atoms with Crippen molar-refractivity contribution in [1.82, 2.24) is 9.97 Å². The van der Waals surface area contributed by atoms with E-state index >= 15 is 0 Å². The summed E-state index contributed by atoms with van der Waals surface area (Å²) in [6, 6.07) is 26.9. The summed E-state index contributed by atoms with van der Waals surface area (Å²) in [5, 5.41) is 16.8. The zero-order chi connectivity index (χ0) is 34.6. The van der Waals surface area contributed by atoms with Crippen LogP contribution in [0.3, 0.4) is 0 Å². The maximum atomic E-state index is 12.2. The Morgan fingerprint density at radius 1 is 0.857 bits per heavy atom. The first kappa shape index (κ1) is 37.9. The first-order valence-electron chi connectivity index (χ1n) is 17.4. The second-order valence-corrected chi connectivity index (χ2v) is 14.0. The monoisotopic (exact) mass is 834 g/mol. The van der Waals surface area contributed by atoms with Gasteiger partial charge < -0.3 is 9.52 Å². The Hall–Kier alpha value is -3.86. The van der Waals surface area contributed by atoms with Gasteiger partial charge in [0.15, 0.2) is 5.78 Å². The van der Waals surface area contributed by atoms with Crippen LogP contribution in [0.1, 0.15) is 86.6 Å². The minimum Gasteiger partial charge on any atom is -0.512 e. The molecule has 2 heterocycles. The van der Waals surface area contributed by atoms with Crippen LogP contribution in [0, 0.1) is 22.8 Å². The number of rotatable bonds is 10. The molecule has 2 aromatic heterocycles. The fraction of sp³-hybridized carbons (Fsp3) is 0.372. The molecule has 4 aromatic carbocycles. The molecule has 0 bridgehead atoms. The van der Waals surface area contributed by atoms with Crippen LogP contribution in [0.5, 0.6) is 0 Å². The molecule has 0 aliphatic carbocycles. The summed E-state index contributed by atoms with van der Waals surface area (Å²) < 4.78 is 6.14. The molecule has 0 unspecified atom stereocenters. The third-order valence-electron chi connectivity index (χ3n) is 10.5. The number of carbonyl (C=O) groups is 1. The number of ketones is 1. The number of aliphatic hydroxyl groups excluding tert-OH is 1. The molecule has 0 atom stereocenters. The molecule has 1 N–H and O–H groups in total. The van der Waals surface area contributed by atoms with Gasteiger partial charge in [0.1, 0.15) is 17.7 Å². The van der Waals surface area contributed by atoms with Crippen molar-refractivity contribution < 1.29 is 34.4 Å². The van der Waals surface area contributed by atoms with E-state index in [1.165, 1.54) is 22.4 Å². The second kappa shape index (κ2) is 15.8. The van der Waals surface area contributed by atoms with Gasteiger partial charge in [0.05, 0.1) is 0 Å². The summed E-state index contributed by atoms with van der Waals surface area (Å²) in [6.45, 7) is 16.6. The Morgan fingerprint density at radius 3 is 2.10 bits per heavy atom. The summed E-state index contributed by atoms with van der Waals surface area (Å²) in [5.41, 5.74) is 4.02. The Kier molecular flexibility index (Phi) is 12.2. The second-order valence-electron chi connectivity index (χ2n) is 14.0. The van der Waals surface area contributed by atoms with Gasteiger partial charge in [-0.2, -0.15) is 0 Å². The molecule has 0 spiro atoms. The SMILES string of the molecule is CC(C)Cc1cc(-c2ncnc3oc4cc5ccccc5cc4c23)[c-]c2ccccc12.CCC(C)(CC)C(=O)/C=C(\O)C(C)(CC)CC.[Ir]. The van der Waals surface area contributed by atoms with E-state index in [1.54, 1.807) is 6.33 Å². The van der Waals surface area contributed by atoms with Crippen LogP contribution in [0.15, 0.2) is 89.3 Å². The van der Waals surface area contributed by atoms with Crippen molar-refractivity contribution in [1.29, 1.82) is 0 Å². The van der Waals surface area contributed by atoms with E-state index in [0.29, 0.717) is 11.6 Å². The van der Waals surface area contributed by atoms with E-state index in [0.717, 1.165) is 70.5 Å². The van der Waals surface area contributed by atoms with Crippen molar-refractivity contribution in [2.24, 2.45) is 16.7 Å². The number of aliphatic hydroxyl groups is 1. The third kappa shape index (κ3) is 7.82. The van der Waals surface area contributed by atoms with Gasteiger partial charge >= 0.3 is 0 Å². The van der Waals surface area contributed by atoms with Gasteiger partial charge in [-0.3, -0.25) is 9.78 Å². The van der Waals surface area contributed by atoms with Crippen molar-refractivity contribution in [2.75, 3.05) is 0 Å². The topological polar surface area (TPSA) is 76.2 Å². The van der Waals surface area contributed by atoms with Crippen LogP contribution in [0.25, 0.3) is 54.9 Å². The summed E-state index contributed by atoms with van der Waals surface area (Å²) >= 11 is 0. The molecule has 0 aliphatic rings. The molecule has 49 heavy (non-hydrogen) atoms. The van der Waals surface area contributed by atoms with Gasteiger partial charge in [-0.25, -0.2) is 4.98 Å². The third-order valence-corrected chi connectivity index (χ3v) is 10.5. The molecular formula is C43H49IrN2O3-. The molecule has 6 heteroatoms. The van der Waals surface area contributed by atoms with Crippen molar-refractivity contribution in [3.05, 3.63) is 96.5 Å². The van der Waals surface area contributed by atoms with Gasteiger partial charge in [-0.05, 0) is 60.9 Å². The van der Waals surface area contributed by atoms with E-state index < -0.39 is 0 Å². The molecule has 5 nitrogen and oxygen atoms in total. The molecule has 6 aromatic rings. The standard InChI is InChI=1S/C28H21N2O.C15H28O2.Ir/c1-17(2)11-21-13-22(12-20-9-5-6-10-23(20)21)27-26-24-14-18-7-3-4-8-19(18)15-25(24)31-28(26)30-16-29-27;1-7-14(5,8-2)12(16)11-13(17)15(6,9-3)10-4;/h3-10,13-17H,11H2,1-2H3;11,16H,7-10H2,1-6H3;/q-1;;/b;12-11-;. The molecule has 0 aliphatic heterocycles. The van der Waals surface area contributed by atoms with Crippen molar-refractivity contribution >= 4 is 49.4 Å². The van der Waals surface area contributed by atoms with Crippen molar-refractivity contribution in [3.63, 3.8) is 0 Å². The Morgan fingerprint density at radius 2 is 1.47 bits per heavy atom.